The van der Waals surface area contributed by atoms with Crippen LogP contribution in [0.1, 0.15) is 17.3 Å². The molecular weight excluding hydrogens is 401 g/mol. The van der Waals surface area contributed by atoms with E-state index in [0.29, 0.717) is 22.8 Å². The molecule has 0 aliphatic carbocycles. The second kappa shape index (κ2) is 7.00. The molecule has 2 aromatic rings. The summed E-state index contributed by atoms with van der Waals surface area (Å²) in [6, 6.07) is 10.8. The summed E-state index contributed by atoms with van der Waals surface area (Å²) in [6.07, 6.45) is 0. The van der Waals surface area contributed by atoms with Gasteiger partial charge in [-0.05, 0) is 65.9 Å². The van der Waals surface area contributed by atoms with Crippen LogP contribution in [0.2, 0.25) is 5.02 Å². The first kappa shape index (κ1) is 15.9. The maximum Gasteiger partial charge on any atom is 0.251 e. The Kier molecular flexibility index (Phi) is 5.30. The number of rotatable bonds is 4. The maximum atomic E-state index is 11.8. The Labute approximate surface area is 142 Å². The van der Waals surface area contributed by atoms with Gasteiger partial charge in [0, 0.05) is 20.7 Å². The van der Waals surface area contributed by atoms with E-state index in [4.69, 9.17) is 17.3 Å². The van der Waals surface area contributed by atoms with Crippen LogP contribution in [0.5, 0.6) is 0 Å². The molecule has 0 saturated heterocycles. The van der Waals surface area contributed by atoms with Gasteiger partial charge in [0.2, 0.25) is 0 Å². The van der Waals surface area contributed by atoms with Gasteiger partial charge in [0.25, 0.3) is 5.91 Å². The third-order valence-electron chi connectivity index (χ3n) is 2.85. The van der Waals surface area contributed by atoms with Gasteiger partial charge in [-0.15, -0.1) is 0 Å². The lowest BCUT2D eigenvalue weighted by Crippen LogP contribution is -2.22. The zero-order valence-corrected chi connectivity index (χ0v) is 14.3. The summed E-state index contributed by atoms with van der Waals surface area (Å²) in [7, 11) is 0. The summed E-state index contributed by atoms with van der Waals surface area (Å²) >= 11 is 8.14. The standard InChI is InChI=1S/C15H15ClIN3O/c1-2-19-15(21)9-3-5-14(12(18)7-9)20-13-6-4-10(16)8-11(13)17/h3-8,20H,2,18H2,1H3,(H,19,21). The van der Waals surface area contributed by atoms with Crippen molar-refractivity contribution >= 4 is 57.2 Å². The molecule has 0 heterocycles. The number of benzene rings is 2. The summed E-state index contributed by atoms with van der Waals surface area (Å²) in [5.74, 6) is -0.128. The lowest BCUT2D eigenvalue weighted by atomic mass is 10.1. The third-order valence-corrected chi connectivity index (χ3v) is 3.98. The first-order valence-electron chi connectivity index (χ1n) is 6.41. The van der Waals surface area contributed by atoms with Crippen LogP contribution >= 0.6 is 34.2 Å². The number of nitrogens with two attached hydrogens (primary N) is 1. The minimum absolute atomic E-state index is 0.128. The van der Waals surface area contributed by atoms with Gasteiger partial charge in [0.1, 0.15) is 0 Å². The van der Waals surface area contributed by atoms with Crippen molar-refractivity contribution in [2.45, 2.75) is 6.92 Å². The SMILES string of the molecule is CCNC(=O)c1ccc(Nc2ccc(Cl)cc2I)c(N)c1. The van der Waals surface area contributed by atoms with E-state index in [9.17, 15) is 4.79 Å². The Morgan fingerprint density at radius 3 is 2.57 bits per heavy atom. The Morgan fingerprint density at radius 2 is 1.95 bits per heavy atom. The van der Waals surface area contributed by atoms with E-state index in [1.807, 2.05) is 25.1 Å². The minimum Gasteiger partial charge on any atom is -0.397 e. The van der Waals surface area contributed by atoms with Crippen LogP contribution in [0.15, 0.2) is 36.4 Å². The molecule has 0 spiro atoms. The molecule has 2 aromatic carbocycles. The summed E-state index contributed by atoms with van der Waals surface area (Å²) in [6.45, 7) is 2.46. The maximum absolute atomic E-state index is 11.8. The molecule has 0 fully saturated rings. The molecule has 4 N–H and O–H groups in total. The summed E-state index contributed by atoms with van der Waals surface area (Å²) in [5, 5.41) is 6.67. The van der Waals surface area contributed by atoms with Crippen LogP contribution in [0.3, 0.4) is 0 Å². The average Bonchev–Trinajstić information content (AvgIpc) is 2.44. The number of nitrogen functional groups attached to an aromatic ring is 1. The van der Waals surface area contributed by atoms with E-state index in [2.05, 4.69) is 33.2 Å². The van der Waals surface area contributed by atoms with Crippen LogP contribution in [0.25, 0.3) is 0 Å². The van der Waals surface area contributed by atoms with Gasteiger partial charge in [0.15, 0.2) is 0 Å². The molecule has 0 aliphatic heterocycles. The zero-order chi connectivity index (χ0) is 15.4. The first-order chi connectivity index (χ1) is 10.0. The lowest BCUT2D eigenvalue weighted by Gasteiger charge is -2.12. The van der Waals surface area contributed by atoms with E-state index in [0.717, 1.165) is 14.9 Å². The highest BCUT2D eigenvalue weighted by atomic mass is 127. The van der Waals surface area contributed by atoms with Crippen LogP contribution < -0.4 is 16.4 Å². The predicted octanol–water partition coefficient (Wildman–Crippen LogP) is 4.02. The molecule has 110 valence electrons. The lowest BCUT2D eigenvalue weighted by molar-refractivity contribution is 0.0956. The Balaban J connectivity index is 2.23. The molecule has 0 bridgehead atoms. The smallest absolute Gasteiger partial charge is 0.251 e. The first-order valence-corrected chi connectivity index (χ1v) is 7.86. The van der Waals surface area contributed by atoms with Crippen molar-refractivity contribution in [1.29, 1.82) is 0 Å². The predicted molar refractivity (Wildman–Crippen MR) is 96.3 cm³/mol. The highest BCUT2D eigenvalue weighted by Gasteiger charge is 2.08. The van der Waals surface area contributed by atoms with Gasteiger partial charge in [-0.2, -0.15) is 0 Å². The fraction of sp³-hybridized carbons (Fsp3) is 0.133. The van der Waals surface area contributed by atoms with Crippen LogP contribution in [0, 0.1) is 3.57 Å². The number of hydrogen-bond donors (Lipinski definition) is 3. The molecule has 0 atom stereocenters. The Bertz CT molecular complexity index is 676. The van der Waals surface area contributed by atoms with E-state index in [1.54, 1.807) is 18.2 Å². The summed E-state index contributed by atoms with van der Waals surface area (Å²) < 4.78 is 0.993. The van der Waals surface area contributed by atoms with Crippen molar-refractivity contribution in [3.63, 3.8) is 0 Å². The largest absolute Gasteiger partial charge is 0.397 e. The quantitative estimate of drug-likeness (QED) is 0.522. The van der Waals surface area contributed by atoms with Crippen molar-refractivity contribution in [1.82, 2.24) is 5.32 Å². The number of carbonyl (C=O) groups excluding carboxylic acids is 1. The molecule has 0 aromatic heterocycles. The highest BCUT2D eigenvalue weighted by Crippen LogP contribution is 2.28. The monoisotopic (exact) mass is 415 g/mol. The Morgan fingerprint density at radius 1 is 1.24 bits per heavy atom. The third kappa shape index (κ3) is 4.01. The van der Waals surface area contributed by atoms with Crippen molar-refractivity contribution in [3.8, 4) is 0 Å². The molecule has 0 radical (unpaired) electrons. The number of anilines is 3. The number of halogens is 2. The van der Waals surface area contributed by atoms with Gasteiger partial charge in [-0.25, -0.2) is 0 Å². The van der Waals surface area contributed by atoms with E-state index >= 15 is 0 Å². The van der Waals surface area contributed by atoms with E-state index in [1.165, 1.54) is 0 Å². The second-order valence-corrected chi connectivity index (χ2v) is 6.01. The van der Waals surface area contributed by atoms with E-state index in [-0.39, 0.29) is 5.91 Å². The molecule has 6 heteroatoms. The van der Waals surface area contributed by atoms with E-state index < -0.39 is 0 Å². The number of hydrogen-bond acceptors (Lipinski definition) is 3. The summed E-state index contributed by atoms with van der Waals surface area (Å²) in [4.78, 5) is 11.8. The number of carbonyl (C=O) groups is 1. The average molecular weight is 416 g/mol. The van der Waals surface area contributed by atoms with Gasteiger partial charge >= 0.3 is 0 Å². The van der Waals surface area contributed by atoms with Crippen molar-refractivity contribution < 1.29 is 4.79 Å². The number of amides is 1. The molecule has 2 rings (SSSR count). The number of nitrogens with one attached hydrogen (secondary N) is 2. The minimum atomic E-state index is -0.128. The van der Waals surface area contributed by atoms with Gasteiger partial charge < -0.3 is 16.4 Å². The fourth-order valence-corrected chi connectivity index (χ4v) is 2.82. The second-order valence-electron chi connectivity index (χ2n) is 4.41. The zero-order valence-electron chi connectivity index (χ0n) is 11.4. The molecule has 4 nitrogen and oxygen atoms in total. The van der Waals surface area contributed by atoms with Gasteiger partial charge in [0.05, 0.1) is 17.1 Å². The van der Waals surface area contributed by atoms with Crippen LogP contribution in [0.4, 0.5) is 17.1 Å². The molecular formula is C15H15ClIN3O. The molecule has 0 aliphatic rings. The highest BCUT2D eigenvalue weighted by molar-refractivity contribution is 14.1. The molecule has 1 amide bonds. The Hall–Kier alpha value is -1.47. The van der Waals surface area contributed by atoms with Crippen LogP contribution in [-0.4, -0.2) is 12.5 Å². The fourth-order valence-electron chi connectivity index (χ4n) is 1.82. The molecule has 0 unspecified atom stereocenters. The van der Waals surface area contributed by atoms with Crippen molar-refractivity contribution in [2.75, 3.05) is 17.6 Å². The topological polar surface area (TPSA) is 67.2 Å². The van der Waals surface area contributed by atoms with Gasteiger partial charge in [-0.1, -0.05) is 11.6 Å². The summed E-state index contributed by atoms with van der Waals surface area (Å²) in [5.41, 5.74) is 8.74. The molecule has 21 heavy (non-hydrogen) atoms. The van der Waals surface area contributed by atoms with Crippen LogP contribution in [-0.2, 0) is 0 Å². The normalized spacial score (nSPS) is 10.2. The van der Waals surface area contributed by atoms with Gasteiger partial charge in [-0.3, -0.25) is 4.79 Å². The molecule has 0 saturated carbocycles. The van der Waals surface area contributed by atoms with Crippen molar-refractivity contribution in [2.24, 2.45) is 0 Å². The van der Waals surface area contributed by atoms with Crippen molar-refractivity contribution in [3.05, 3.63) is 50.6 Å².